The van der Waals surface area contributed by atoms with E-state index in [1.807, 2.05) is 0 Å². The van der Waals surface area contributed by atoms with E-state index in [9.17, 15) is 14.4 Å². The molecule has 0 unspecified atom stereocenters. The number of benzene rings is 1. The zero-order valence-electron chi connectivity index (χ0n) is 12.4. The van der Waals surface area contributed by atoms with E-state index in [2.05, 4.69) is 15.9 Å². The van der Waals surface area contributed by atoms with Crippen molar-refractivity contribution in [3.8, 4) is 0 Å². The van der Waals surface area contributed by atoms with Crippen LogP contribution in [-0.4, -0.2) is 35.8 Å². The molecule has 0 N–H and O–H groups in total. The lowest BCUT2D eigenvalue weighted by Crippen LogP contribution is -2.31. The Morgan fingerprint density at radius 1 is 1.23 bits per heavy atom. The van der Waals surface area contributed by atoms with E-state index in [0.717, 1.165) is 10.0 Å². The fourth-order valence-electron chi connectivity index (χ4n) is 2.14. The van der Waals surface area contributed by atoms with E-state index in [0.29, 0.717) is 17.5 Å². The molecule has 0 fully saturated rings. The van der Waals surface area contributed by atoms with Gasteiger partial charge in [-0.15, -0.1) is 0 Å². The van der Waals surface area contributed by atoms with Crippen molar-refractivity contribution in [3.63, 3.8) is 0 Å². The summed E-state index contributed by atoms with van der Waals surface area (Å²) in [5, 5.41) is 0. The van der Waals surface area contributed by atoms with Gasteiger partial charge in [-0.3, -0.25) is 14.5 Å². The number of fused-ring (bicyclic) bond motifs is 1. The fourth-order valence-corrected chi connectivity index (χ4v) is 2.50. The molecular weight excluding hydrogens is 350 g/mol. The van der Waals surface area contributed by atoms with Crippen molar-refractivity contribution in [1.82, 2.24) is 4.90 Å². The van der Waals surface area contributed by atoms with Crippen LogP contribution >= 0.6 is 15.9 Å². The Morgan fingerprint density at radius 3 is 2.59 bits per heavy atom. The third kappa shape index (κ3) is 3.62. The molecule has 1 aliphatic heterocycles. The quantitative estimate of drug-likeness (QED) is 0.348. The lowest BCUT2D eigenvalue weighted by atomic mass is 10.1. The molecule has 1 aromatic carbocycles. The Kier molecular flexibility index (Phi) is 5.13. The molecule has 0 spiro atoms. The number of esters is 1. The van der Waals surface area contributed by atoms with Crippen LogP contribution in [0.25, 0.3) is 0 Å². The van der Waals surface area contributed by atoms with Crippen molar-refractivity contribution in [1.29, 1.82) is 0 Å². The van der Waals surface area contributed by atoms with Crippen LogP contribution in [-0.2, 0) is 9.53 Å². The first-order valence-corrected chi connectivity index (χ1v) is 7.67. The summed E-state index contributed by atoms with van der Waals surface area (Å²) in [5.74, 6) is -1.02. The second kappa shape index (κ2) is 6.87. The highest BCUT2D eigenvalue weighted by Gasteiger charge is 2.34. The molecule has 1 aromatic rings. The summed E-state index contributed by atoms with van der Waals surface area (Å²) in [6.07, 6.45) is 1.81. The van der Waals surface area contributed by atoms with E-state index in [1.165, 1.54) is 11.0 Å². The number of hydrogen-bond donors (Lipinski definition) is 0. The summed E-state index contributed by atoms with van der Waals surface area (Å²) in [6.45, 7) is 4.00. The third-order valence-electron chi connectivity index (χ3n) is 3.11. The van der Waals surface area contributed by atoms with Crippen molar-refractivity contribution in [3.05, 3.63) is 45.4 Å². The number of allylic oxidation sites excluding steroid dienone is 1. The number of amides is 2. The van der Waals surface area contributed by atoms with Gasteiger partial charge in [0, 0.05) is 17.1 Å². The third-order valence-corrected chi connectivity index (χ3v) is 3.60. The highest BCUT2D eigenvalue weighted by Crippen LogP contribution is 2.26. The maximum absolute atomic E-state index is 12.2. The molecule has 0 atom stereocenters. The SMILES string of the molecule is CC(C)=CC(=O)OCCCN1C(=O)c2ccc(Br)cc2C1=O. The van der Waals surface area contributed by atoms with Gasteiger partial charge >= 0.3 is 5.97 Å². The number of ether oxygens (including phenoxy) is 1. The molecule has 0 saturated heterocycles. The van der Waals surface area contributed by atoms with Crippen molar-refractivity contribution in [2.75, 3.05) is 13.2 Å². The summed E-state index contributed by atoms with van der Waals surface area (Å²) in [6, 6.07) is 5.01. The second-order valence-corrected chi connectivity index (χ2v) is 6.11. The molecule has 0 bridgehead atoms. The van der Waals surface area contributed by atoms with Crippen LogP contribution in [0.3, 0.4) is 0 Å². The Morgan fingerprint density at radius 2 is 1.91 bits per heavy atom. The van der Waals surface area contributed by atoms with Crippen LogP contribution in [0, 0.1) is 0 Å². The van der Waals surface area contributed by atoms with E-state index in [1.54, 1.807) is 32.0 Å². The number of imide groups is 1. The van der Waals surface area contributed by atoms with Gasteiger partial charge < -0.3 is 4.74 Å². The summed E-state index contributed by atoms with van der Waals surface area (Å²) in [5.41, 5.74) is 1.67. The van der Waals surface area contributed by atoms with Crippen LogP contribution in [0.5, 0.6) is 0 Å². The first-order valence-electron chi connectivity index (χ1n) is 6.87. The first-order chi connectivity index (χ1) is 10.4. The highest BCUT2D eigenvalue weighted by atomic mass is 79.9. The average molecular weight is 366 g/mol. The summed E-state index contributed by atoms with van der Waals surface area (Å²) in [7, 11) is 0. The molecule has 6 heteroatoms. The van der Waals surface area contributed by atoms with Crippen LogP contribution < -0.4 is 0 Å². The molecule has 2 rings (SSSR count). The highest BCUT2D eigenvalue weighted by molar-refractivity contribution is 9.10. The molecule has 0 radical (unpaired) electrons. The zero-order chi connectivity index (χ0) is 16.3. The second-order valence-electron chi connectivity index (χ2n) is 5.19. The van der Waals surface area contributed by atoms with E-state index >= 15 is 0 Å². The van der Waals surface area contributed by atoms with E-state index in [4.69, 9.17) is 4.74 Å². The number of rotatable bonds is 5. The Balaban J connectivity index is 1.90. The standard InChI is InChI=1S/C16H16BrNO4/c1-10(2)8-14(19)22-7-3-6-18-15(20)12-5-4-11(17)9-13(12)16(18)21/h4-5,8-9H,3,6-7H2,1-2H3. The summed E-state index contributed by atoms with van der Waals surface area (Å²) >= 11 is 3.29. The minimum Gasteiger partial charge on any atom is -0.462 e. The Labute approximate surface area is 137 Å². The Bertz CT molecular complexity index is 662. The number of halogens is 1. The maximum Gasteiger partial charge on any atom is 0.330 e. The van der Waals surface area contributed by atoms with Gasteiger partial charge in [-0.05, 0) is 38.5 Å². The molecule has 0 saturated carbocycles. The first kappa shape index (κ1) is 16.4. The zero-order valence-corrected chi connectivity index (χ0v) is 14.0. The molecule has 0 aromatic heterocycles. The van der Waals surface area contributed by atoms with Crippen molar-refractivity contribution in [2.24, 2.45) is 0 Å². The lowest BCUT2D eigenvalue weighted by molar-refractivity contribution is -0.137. The van der Waals surface area contributed by atoms with Gasteiger partial charge in [-0.25, -0.2) is 4.79 Å². The molecule has 1 aliphatic rings. The smallest absolute Gasteiger partial charge is 0.330 e. The molecule has 2 amide bonds. The van der Waals surface area contributed by atoms with Crippen molar-refractivity contribution >= 4 is 33.7 Å². The summed E-state index contributed by atoms with van der Waals surface area (Å²) in [4.78, 5) is 36.9. The van der Waals surface area contributed by atoms with Crippen LogP contribution in [0.15, 0.2) is 34.3 Å². The number of carbonyl (C=O) groups excluding carboxylic acids is 3. The minimum atomic E-state index is -0.411. The monoisotopic (exact) mass is 365 g/mol. The number of carbonyl (C=O) groups is 3. The number of hydrogen-bond acceptors (Lipinski definition) is 4. The Hall–Kier alpha value is -1.95. The van der Waals surface area contributed by atoms with Crippen molar-refractivity contribution < 1.29 is 19.1 Å². The molecule has 22 heavy (non-hydrogen) atoms. The van der Waals surface area contributed by atoms with Gasteiger partial charge in [-0.2, -0.15) is 0 Å². The van der Waals surface area contributed by atoms with Gasteiger partial charge in [-0.1, -0.05) is 21.5 Å². The molecule has 5 nitrogen and oxygen atoms in total. The van der Waals surface area contributed by atoms with Gasteiger partial charge in [0.05, 0.1) is 17.7 Å². The van der Waals surface area contributed by atoms with Crippen LogP contribution in [0.2, 0.25) is 0 Å². The fraction of sp³-hybridized carbons (Fsp3) is 0.312. The normalized spacial score (nSPS) is 13.1. The van der Waals surface area contributed by atoms with E-state index in [-0.39, 0.29) is 25.0 Å². The largest absolute Gasteiger partial charge is 0.462 e. The topological polar surface area (TPSA) is 63.7 Å². The van der Waals surface area contributed by atoms with E-state index < -0.39 is 5.97 Å². The van der Waals surface area contributed by atoms with Gasteiger partial charge in [0.2, 0.25) is 0 Å². The minimum absolute atomic E-state index is 0.166. The molecule has 116 valence electrons. The van der Waals surface area contributed by atoms with Gasteiger partial charge in [0.15, 0.2) is 0 Å². The predicted molar refractivity (Wildman–Crippen MR) is 84.5 cm³/mol. The predicted octanol–water partition coefficient (Wildman–Crippen LogP) is 2.94. The van der Waals surface area contributed by atoms with Crippen LogP contribution in [0.1, 0.15) is 41.0 Å². The lowest BCUT2D eigenvalue weighted by Gasteiger charge is -2.13. The maximum atomic E-state index is 12.2. The van der Waals surface area contributed by atoms with Gasteiger partial charge in [0.25, 0.3) is 11.8 Å². The molecule has 0 aliphatic carbocycles. The van der Waals surface area contributed by atoms with Gasteiger partial charge in [0.1, 0.15) is 0 Å². The van der Waals surface area contributed by atoms with Crippen LogP contribution in [0.4, 0.5) is 0 Å². The molecule has 1 heterocycles. The van der Waals surface area contributed by atoms with Crippen molar-refractivity contribution in [2.45, 2.75) is 20.3 Å². The number of nitrogens with zero attached hydrogens (tertiary/aromatic N) is 1. The summed E-state index contributed by atoms with van der Waals surface area (Å²) < 4.78 is 5.76. The molecular formula is C16H16BrNO4. The average Bonchev–Trinajstić information content (AvgIpc) is 2.66.